The first kappa shape index (κ1) is 12.5. The van der Waals surface area contributed by atoms with Gasteiger partial charge in [-0.25, -0.2) is 4.39 Å². The van der Waals surface area contributed by atoms with Gasteiger partial charge in [0.2, 0.25) is 0 Å². The highest BCUT2D eigenvalue weighted by atomic mass is 79.9. The zero-order chi connectivity index (χ0) is 11.1. The molecule has 0 bridgehead atoms. The second-order valence-corrected chi connectivity index (χ2v) is 4.11. The van der Waals surface area contributed by atoms with Crippen LogP contribution in [0.5, 0.6) is 0 Å². The van der Waals surface area contributed by atoms with Crippen molar-refractivity contribution in [3.05, 3.63) is 28.5 Å². The molecule has 0 unspecified atom stereocenters. The minimum atomic E-state index is -0.224. The Bertz CT molecular complexity index is 307. The van der Waals surface area contributed by atoms with E-state index in [9.17, 15) is 4.39 Å². The highest BCUT2D eigenvalue weighted by Gasteiger charge is 2.00. The monoisotopic (exact) mass is 275 g/mol. The van der Waals surface area contributed by atoms with Gasteiger partial charge < -0.3 is 10.1 Å². The van der Waals surface area contributed by atoms with Gasteiger partial charge in [-0.3, -0.25) is 0 Å². The summed E-state index contributed by atoms with van der Waals surface area (Å²) in [6.45, 7) is 1.59. The van der Waals surface area contributed by atoms with E-state index in [4.69, 9.17) is 4.74 Å². The van der Waals surface area contributed by atoms with Crippen LogP contribution in [0.3, 0.4) is 0 Å². The number of nitrogens with one attached hydrogen (secondary N) is 1. The molecule has 0 aliphatic heterocycles. The minimum absolute atomic E-state index is 0.224. The molecule has 0 heterocycles. The third-order valence-corrected chi connectivity index (χ3v) is 2.71. The molecule has 1 rings (SSSR count). The molecule has 0 aliphatic carbocycles. The van der Waals surface area contributed by atoms with Gasteiger partial charge in [-0.1, -0.05) is 0 Å². The van der Waals surface area contributed by atoms with Crippen LogP contribution >= 0.6 is 15.9 Å². The SMILES string of the molecule is COCCCCNc1cc(F)ccc1Br. The lowest BCUT2D eigenvalue weighted by Crippen LogP contribution is -2.03. The Kier molecular flexibility index (Phi) is 5.65. The molecule has 1 N–H and O–H groups in total. The number of methoxy groups -OCH3 is 1. The van der Waals surface area contributed by atoms with Crippen LogP contribution in [0.15, 0.2) is 22.7 Å². The highest BCUT2D eigenvalue weighted by Crippen LogP contribution is 2.22. The number of benzene rings is 1. The lowest BCUT2D eigenvalue weighted by molar-refractivity contribution is 0.194. The molecule has 15 heavy (non-hydrogen) atoms. The summed E-state index contributed by atoms with van der Waals surface area (Å²) in [7, 11) is 1.69. The van der Waals surface area contributed by atoms with Crippen LogP contribution in [0.1, 0.15) is 12.8 Å². The maximum Gasteiger partial charge on any atom is 0.125 e. The van der Waals surface area contributed by atoms with E-state index in [0.29, 0.717) is 0 Å². The fraction of sp³-hybridized carbons (Fsp3) is 0.455. The van der Waals surface area contributed by atoms with Gasteiger partial charge >= 0.3 is 0 Å². The van der Waals surface area contributed by atoms with E-state index >= 15 is 0 Å². The Hall–Kier alpha value is -0.610. The van der Waals surface area contributed by atoms with Gasteiger partial charge in [-0.05, 0) is 47.0 Å². The summed E-state index contributed by atoms with van der Waals surface area (Å²) in [6.07, 6.45) is 2.02. The summed E-state index contributed by atoms with van der Waals surface area (Å²) < 4.78 is 18.7. The molecule has 0 saturated heterocycles. The zero-order valence-electron chi connectivity index (χ0n) is 8.72. The average Bonchev–Trinajstić information content (AvgIpc) is 2.23. The van der Waals surface area contributed by atoms with Gasteiger partial charge in [0.25, 0.3) is 0 Å². The number of anilines is 1. The van der Waals surface area contributed by atoms with Crippen LogP contribution in [-0.4, -0.2) is 20.3 Å². The Morgan fingerprint density at radius 3 is 2.93 bits per heavy atom. The summed E-state index contributed by atoms with van der Waals surface area (Å²) in [5.41, 5.74) is 0.799. The molecule has 0 atom stereocenters. The smallest absolute Gasteiger partial charge is 0.125 e. The summed E-state index contributed by atoms with van der Waals surface area (Å²) in [5, 5.41) is 3.17. The number of ether oxygens (including phenoxy) is 1. The fourth-order valence-corrected chi connectivity index (χ4v) is 1.61. The van der Waals surface area contributed by atoms with E-state index < -0.39 is 0 Å². The van der Waals surface area contributed by atoms with E-state index in [1.54, 1.807) is 13.2 Å². The molecule has 2 nitrogen and oxygen atoms in total. The first-order chi connectivity index (χ1) is 7.24. The van der Waals surface area contributed by atoms with Gasteiger partial charge in [0.15, 0.2) is 0 Å². The summed E-state index contributed by atoms with van der Waals surface area (Å²) in [6, 6.07) is 4.62. The van der Waals surface area contributed by atoms with Gasteiger partial charge in [0, 0.05) is 24.7 Å². The van der Waals surface area contributed by atoms with Crippen LogP contribution in [-0.2, 0) is 4.74 Å². The van der Waals surface area contributed by atoms with Gasteiger partial charge in [-0.2, -0.15) is 0 Å². The predicted octanol–water partition coefficient (Wildman–Crippen LogP) is 3.43. The quantitative estimate of drug-likeness (QED) is 0.804. The Balaban J connectivity index is 2.33. The number of hydrogen-bond acceptors (Lipinski definition) is 2. The largest absolute Gasteiger partial charge is 0.385 e. The van der Waals surface area contributed by atoms with Crippen molar-refractivity contribution in [1.29, 1.82) is 0 Å². The molecule has 4 heteroatoms. The molecule has 0 amide bonds. The first-order valence-corrected chi connectivity index (χ1v) is 5.71. The van der Waals surface area contributed by atoms with Crippen molar-refractivity contribution in [1.82, 2.24) is 0 Å². The van der Waals surface area contributed by atoms with Crippen molar-refractivity contribution in [2.45, 2.75) is 12.8 Å². The van der Waals surface area contributed by atoms with Crippen LogP contribution < -0.4 is 5.32 Å². The molecule has 0 aliphatic rings. The van der Waals surface area contributed by atoms with E-state index in [1.165, 1.54) is 12.1 Å². The van der Waals surface area contributed by atoms with Crippen LogP contribution in [0.25, 0.3) is 0 Å². The third kappa shape index (κ3) is 4.62. The van der Waals surface area contributed by atoms with Crippen LogP contribution in [0, 0.1) is 5.82 Å². The van der Waals surface area contributed by atoms with Gasteiger partial charge in [-0.15, -0.1) is 0 Å². The van der Waals surface area contributed by atoms with Gasteiger partial charge in [0.05, 0.1) is 5.69 Å². The lowest BCUT2D eigenvalue weighted by atomic mass is 10.3. The van der Waals surface area contributed by atoms with E-state index in [1.807, 2.05) is 0 Å². The fourth-order valence-electron chi connectivity index (χ4n) is 1.23. The van der Waals surface area contributed by atoms with E-state index in [2.05, 4.69) is 21.2 Å². The molecular formula is C11H15BrFNO. The van der Waals surface area contributed by atoms with Crippen molar-refractivity contribution < 1.29 is 9.13 Å². The number of hydrogen-bond donors (Lipinski definition) is 1. The molecule has 0 radical (unpaired) electrons. The normalized spacial score (nSPS) is 10.3. The van der Waals surface area contributed by atoms with Crippen molar-refractivity contribution in [2.24, 2.45) is 0 Å². The summed E-state index contributed by atoms with van der Waals surface area (Å²) in [4.78, 5) is 0. The van der Waals surface area contributed by atoms with Crippen molar-refractivity contribution in [3.8, 4) is 0 Å². The minimum Gasteiger partial charge on any atom is -0.385 e. The molecule has 1 aromatic rings. The second kappa shape index (κ2) is 6.80. The van der Waals surface area contributed by atoms with Crippen LogP contribution in [0.4, 0.5) is 10.1 Å². The third-order valence-electron chi connectivity index (χ3n) is 2.02. The standard InChI is InChI=1S/C11H15BrFNO/c1-15-7-3-2-6-14-11-8-9(13)4-5-10(11)12/h4-5,8,14H,2-3,6-7H2,1H3. The van der Waals surface area contributed by atoms with Crippen LogP contribution in [0.2, 0.25) is 0 Å². The molecular weight excluding hydrogens is 261 g/mol. The Morgan fingerprint density at radius 1 is 1.40 bits per heavy atom. The molecule has 0 saturated carbocycles. The van der Waals surface area contributed by atoms with Crippen molar-refractivity contribution in [2.75, 3.05) is 25.6 Å². The van der Waals surface area contributed by atoms with Crippen molar-refractivity contribution >= 4 is 21.6 Å². The summed E-state index contributed by atoms with van der Waals surface area (Å²) >= 11 is 3.36. The predicted molar refractivity (Wildman–Crippen MR) is 63.7 cm³/mol. The Labute approximate surface area is 98.0 Å². The topological polar surface area (TPSA) is 21.3 Å². The molecule has 0 fully saturated rings. The Morgan fingerprint density at radius 2 is 2.20 bits per heavy atom. The second-order valence-electron chi connectivity index (χ2n) is 3.25. The van der Waals surface area contributed by atoms with E-state index in [0.717, 1.165) is 36.2 Å². The zero-order valence-corrected chi connectivity index (χ0v) is 10.3. The maximum atomic E-state index is 12.9. The highest BCUT2D eigenvalue weighted by molar-refractivity contribution is 9.10. The number of unbranched alkanes of at least 4 members (excludes halogenated alkanes) is 1. The maximum absolute atomic E-state index is 12.9. The molecule has 1 aromatic carbocycles. The molecule has 0 spiro atoms. The average molecular weight is 276 g/mol. The number of halogens is 2. The lowest BCUT2D eigenvalue weighted by Gasteiger charge is -2.08. The van der Waals surface area contributed by atoms with Gasteiger partial charge in [0.1, 0.15) is 5.82 Å². The summed E-state index contributed by atoms with van der Waals surface area (Å²) in [5.74, 6) is -0.224. The first-order valence-electron chi connectivity index (χ1n) is 4.92. The van der Waals surface area contributed by atoms with Crippen molar-refractivity contribution in [3.63, 3.8) is 0 Å². The molecule has 84 valence electrons. The van der Waals surface area contributed by atoms with E-state index in [-0.39, 0.29) is 5.82 Å². The number of rotatable bonds is 6. The molecule has 0 aromatic heterocycles.